The van der Waals surface area contributed by atoms with E-state index in [0.717, 1.165) is 17.4 Å². The zero-order valence-electron chi connectivity index (χ0n) is 7.94. The number of hydrogen-bond donors (Lipinski definition) is 0. The van der Waals surface area contributed by atoms with E-state index in [9.17, 15) is 13.6 Å². The monoisotopic (exact) mass is 240 g/mol. The van der Waals surface area contributed by atoms with Gasteiger partial charge in [0.2, 0.25) is 5.82 Å². The number of aldehydes is 1. The van der Waals surface area contributed by atoms with Gasteiger partial charge in [0.25, 0.3) is 0 Å². The Bertz CT molecular complexity index is 522. The first kappa shape index (κ1) is 10.8. The van der Waals surface area contributed by atoms with Crippen LogP contribution in [0, 0.1) is 11.6 Å². The van der Waals surface area contributed by atoms with Crippen molar-refractivity contribution < 1.29 is 18.3 Å². The Kier molecular flexibility index (Phi) is 2.96. The van der Waals surface area contributed by atoms with Crippen molar-refractivity contribution in [1.82, 2.24) is 0 Å². The van der Waals surface area contributed by atoms with E-state index >= 15 is 0 Å². The summed E-state index contributed by atoms with van der Waals surface area (Å²) in [5.74, 6) is -2.20. The second kappa shape index (κ2) is 4.40. The molecule has 0 radical (unpaired) electrons. The Morgan fingerprint density at radius 1 is 1.19 bits per heavy atom. The van der Waals surface area contributed by atoms with E-state index in [-0.39, 0.29) is 5.75 Å². The fourth-order valence-electron chi connectivity index (χ4n) is 1.12. The van der Waals surface area contributed by atoms with Crippen LogP contribution in [0.4, 0.5) is 8.78 Å². The molecule has 16 heavy (non-hydrogen) atoms. The maximum absolute atomic E-state index is 13.2. The van der Waals surface area contributed by atoms with Crippen LogP contribution in [0.2, 0.25) is 0 Å². The molecule has 1 heterocycles. The molecule has 1 aromatic heterocycles. The van der Waals surface area contributed by atoms with Crippen molar-refractivity contribution in [2.75, 3.05) is 0 Å². The highest BCUT2D eigenvalue weighted by Crippen LogP contribution is 2.30. The largest absolute Gasteiger partial charge is 0.443 e. The fourth-order valence-corrected chi connectivity index (χ4v) is 1.81. The van der Waals surface area contributed by atoms with Crippen LogP contribution >= 0.6 is 11.3 Å². The van der Waals surface area contributed by atoms with E-state index in [1.807, 2.05) is 0 Å². The lowest BCUT2D eigenvalue weighted by Crippen LogP contribution is -1.89. The average Bonchev–Trinajstić information content (AvgIpc) is 2.73. The van der Waals surface area contributed by atoms with Crippen molar-refractivity contribution in [2.24, 2.45) is 0 Å². The summed E-state index contributed by atoms with van der Waals surface area (Å²) in [6, 6.07) is 6.75. The van der Waals surface area contributed by atoms with Crippen LogP contribution in [0.25, 0.3) is 0 Å². The molecule has 0 aliphatic heterocycles. The summed E-state index contributed by atoms with van der Waals surface area (Å²) in [7, 11) is 0. The lowest BCUT2D eigenvalue weighted by molar-refractivity contribution is 0.112. The molecule has 1 aromatic carbocycles. The van der Waals surface area contributed by atoms with Crippen molar-refractivity contribution >= 4 is 17.6 Å². The van der Waals surface area contributed by atoms with Gasteiger partial charge in [0.05, 0.1) is 4.88 Å². The molecule has 82 valence electrons. The van der Waals surface area contributed by atoms with Gasteiger partial charge in [-0.2, -0.15) is 4.39 Å². The topological polar surface area (TPSA) is 26.3 Å². The van der Waals surface area contributed by atoms with Crippen molar-refractivity contribution in [3.05, 3.63) is 46.8 Å². The third-order valence-corrected chi connectivity index (χ3v) is 2.73. The van der Waals surface area contributed by atoms with E-state index in [2.05, 4.69) is 0 Å². The quantitative estimate of drug-likeness (QED) is 0.766. The Morgan fingerprint density at radius 2 is 2.00 bits per heavy atom. The first-order valence-corrected chi connectivity index (χ1v) is 5.19. The number of carbonyl (C=O) groups excluding carboxylic acids is 1. The number of benzene rings is 1. The second-order valence-corrected chi connectivity index (χ2v) is 4.01. The Hall–Kier alpha value is -1.75. The summed E-state index contributed by atoms with van der Waals surface area (Å²) in [5, 5.41) is 0.339. The zero-order valence-corrected chi connectivity index (χ0v) is 8.76. The molecular formula is C11H6F2O2S. The maximum atomic E-state index is 13.2. The average molecular weight is 240 g/mol. The molecule has 0 aliphatic rings. The molecule has 0 atom stereocenters. The fraction of sp³-hybridized carbons (Fsp3) is 0. The lowest BCUT2D eigenvalue weighted by Gasteiger charge is -2.03. The second-order valence-electron chi connectivity index (χ2n) is 2.93. The predicted octanol–water partition coefficient (Wildman–Crippen LogP) is 3.63. The molecular weight excluding hydrogens is 234 g/mol. The van der Waals surface area contributed by atoms with Gasteiger partial charge in [-0.3, -0.25) is 4.79 Å². The van der Waals surface area contributed by atoms with Crippen LogP contribution in [0.5, 0.6) is 10.8 Å². The standard InChI is InChI=1S/C11H6F2O2S/c12-8-2-1-3-9(11(8)13)15-10-5-4-7(6-14)16-10/h1-6H. The molecule has 0 N–H and O–H groups in total. The van der Waals surface area contributed by atoms with Gasteiger partial charge in [0.1, 0.15) is 0 Å². The highest BCUT2D eigenvalue weighted by molar-refractivity contribution is 7.15. The molecule has 0 aliphatic carbocycles. The van der Waals surface area contributed by atoms with Gasteiger partial charge >= 0.3 is 0 Å². The Balaban J connectivity index is 2.26. The molecule has 2 rings (SSSR count). The van der Waals surface area contributed by atoms with E-state index in [0.29, 0.717) is 16.2 Å². The van der Waals surface area contributed by atoms with Crippen LogP contribution < -0.4 is 4.74 Å². The molecule has 2 aromatic rings. The molecule has 0 saturated carbocycles. The van der Waals surface area contributed by atoms with Gasteiger partial charge < -0.3 is 4.74 Å². The Morgan fingerprint density at radius 3 is 2.69 bits per heavy atom. The van der Waals surface area contributed by atoms with Crippen LogP contribution in [0.3, 0.4) is 0 Å². The van der Waals surface area contributed by atoms with Crippen LogP contribution in [-0.2, 0) is 0 Å². The first-order chi connectivity index (χ1) is 7.70. The number of halogens is 2. The Labute approximate surface area is 94.1 Å². The number of hydrogen-bond acceptors (Lipinski definition) is 3. The highest BCUT2D eigenvalue weighted by atomic mass is 32.1. The summed E-state index contributed by atoms with van der Waals surface area (Å²) in [5.41, 5.74) is 0. The first-order valence-electron chi connectivity index (χ1n) is 4.37. The molecule has 0 saturated heterocycles. The van der Waals surface area contributed by atoms with Gasteiger partial charge in [0, 0.05) is 0 Å². The van der Waals surface area contributed by atoms with E-state index in [4.69, 9.17) is 4.74 Å². The summed E-state index contributed by atoms with van der Waals surface area (Å²) in [6.07, 6.45) is 0.666. The minimum Gasteiger partial charge on any atom is -0.443 e. The van der Waals surface area contributed by atoms with Crippen molar-refractivity contribution in [3.8, 4) is 10.8 Å². The smallest absolute Gasteiger partial charge is 0.201 e. The lowest BCUT2D eigenvalue weighted by atomic mass is 10.3. The van der Waals surface area contributed by atoms with Gasteiger partial charge in [0.15, 0.2) is 22.9 Å². The van der Waals surface area contributed by atoms with E-state index in [1.165, 1.54) is 18.2 Å². The highest BCUT2D eigenvalue weighted by Gasteiger charge is 2.10. The summed E-state index contributed by atoms with van der Waals surface area (Å²) >= 11 is 1.06. The number of rotatable bonds is 3. The molecule has 0 fully saturated rings. The third-order valence-electron chi connectivity index (χ3n) is 1.84. The summed E-state index contributed by atoms with van der Waals surface area (Å²) in [6.45, 7) is 0. The number of ether oxygens (including phenoxy) is 1. The van der Waals surface area contributed by atoms with Gasteiger partial charge in [-0.05, 0) is 24.3 Å². The number of carbonyl (C=O) groups is 1. The molecule has 0 amide bonds. The predicted molar refractivity (Wildman–Crippen MR) is 56.1 cm³/mol. The molecule has 0 spiro atoms. The van der Waals surface area contributed by atoms with E-state index in [1.54, 1.807) is 6.07 Å². The van der Waals surface area contributed by atoms with E-state index < -0.39 is 11.6 Å². The third kappa shape index (κ3) is 2.09. The van der Waals surface area contributed by atoms with Gasteiger partial charge in [-0.25, -0.2) is 4.39 Å². The minimum atomic E-state index is -1.04. The van der Waals surface area contributed by atoms with Crippen molar-refractivity contribution in [3.63, 3.8) is 0 Å². The molecule has 0 unspecified atom stereocenters. The summed E-state index contributed by atoms with van der Waals surface area (Å²) in [4.78, 5) is 10.9. The van der Waals surface area contributed by atoms with Crippen LogP contribution in [-0.4, -0.2) is 6.29 Å². The van der Waals surface area contributed by atoms with Crippen LogP contribution in [0.15, 0.2) is 30.3 Å². The van der Waals surface area contributed by atoms with Crippen molar-refractivity contribution in [1.29, 1.82) is 0 Å². The van der Waals surface area contributed by atoms with Crippen LogP contribution in [0.1, 0.15) is 9.67 Å². The maximum Gasteiger partial charge on any atom is 0.201 e. The summed E-state index contributed by atoms with van der Waals surface area (Å²) < 4.78 is 31.2. The van der Waals surface area contributed by atoms with Gasteiger partial charge in [-0.15, -0.1) is 0 Å². The molecule has 2 nitrogen and oxygen atoms in total. The zero-order chi connectivity index (χ0) is 11.5. The van der Waals surface area contributed by atoms with Gasteiger partial charge in [-0.1, -0.05) is 17.4 Å². The normalized spacial score (nSPS) is 10.1. The number of thiophene rings is 1. The molecule has 5 heteroatoms. The molecule has 0 bridgehead atoms. The SMILES string of the molecule is O=Cc1ccc(Oc2cccc(F)c2F)s1. The van der Waals surface area contributed by atoms with Crippen molar-refractivity contribution in [2.45, 2.75) is 0 Å². The minimum absolute atomic E-state index is 0.195.